The van der Waals surface area contributed by atoms with E-state index in [1.54, 1.807) is 0 Å². The van der Waals surface area contributed by atoms with Crippen LogP contribution >= 0.6 is 0 Å². The van der Waals surface area contributed by atoms with Crippen molar-refractivity contribution < 1.29 is 14.4 Å². The Kier molecular flexibility index (Phi) is 5.37. The highest BCUT2D eigenvalue weighted by Gasteiger charge is 2.43. The van der Waals surface area contributed by atoms with Crippen molar-refractivity contribution in [1.29, 1.82) is 0 Å². The molecule has 1 heterocycles. The number of hydrogen-bond acceptors (Lipinski definition) is 3. The molecule has 1 atom stereocenters. The molecule has 0 saturated carbocycles. The molecule has 1 N–H and O–H groups in total. The summed E-state index contributed by atoms with van der Waals surface area (Å²) in [6.45, 7) is 12.1. The summed E-state index contributed by atoms with van der Waals surface area (Å²) in [7, 11) is 0. The Morgan fingerprint density at radius 3 is 2.50 bits per heavy atom. The Morgan fingerprint density at radius 2 is 2.00 bits per heavy atom. The van der Waals surface area contributed by atoms with E-state index in [0.29, 0.717) is 5.76 Å². The second kappa shape index (κ2) is 6.42. The largest absolute Gasteiger partial charge is 0.481 e. The molecule has 1 aromatic rings. The summed E-state index contributed by atoms with van der Waals surface area (Å²) in [5.41, 5.74) is 1.67. The minimum Gasteiger partial charge on any atom is -0.481 e. The first-order chi connectivity index (χ1) is 9.34. The highest BCUT2D eigenvalue weighted by atomic mass is 16.5. The van der Waals surface area contributed by atoms with Gasteiger partial charge in [-0.1, -0.05) is 46.7 Å². The first kappa shape index (κ1) is 16.7. The normalized spacial score (nSPS) is 20.6. The van der Waals surface area contributed by atoms with Crippen LogP contribution in [0.15, 0.2) is 4.52 Å². The Bertz CT molecular complexity index is 460. The predicted molar refractivity (Wildman–Crippen MR) is 79.0 cm³/mol. The van der Waals surface area contributed by atoms with E-state index in [1.807, 2.05) is 27.7 Å². The van der Waals surface area contributed by atoms with E-state index in [0.717, 1.165) is 30.5 Å². The summed E-state index contributed by atoms with van der Waals surface area (Å²) in [5, 5.41) is 13.6. The van der Waals surface area contributed by atoms with Gasteiger partial charge in [-0.25, -0.2) is 0 Å². The van der Waals surface area contributed by atoms with Gasteiger partial charge in [-0.3, -0.25) is 4.79 Å². The quantitative estimate of drug-likeness (QED) is 0.818. The van der Waals surface area contributed by atoms with Crippen molar-refractivity contribution in [3.8, 4) is 0 Å². The van der Waals surface area contributed by atoms with Gasteiger partial charge in [0.05, 0.1) is 5.69 Å². The molecule has 0 spiro atoms. The van der Waals surface area contributed by atoms with Crippen LogP contribution in [-0.4, -0.2) is 16.2 Å². The molecule has 1 aliphatic rings. The molecule has 1 unspecified atom stereocenters. The zero-order chi connectivity index (χ0) is 15.5. The van der Waals surface area contributed by atoms with Crippen molar-refractivity contribution in [2.75, 3.05) is 0 Å². The van der Waals surface area contributed by atoms with Crippen molar-refractivity contribution in [1.82, 2.24) is 5.16 Å². The van der Waals surface area contributed by atoms with Gasteiger partial charge in [-0.2, -0.15) is 0 Å². The number of carboxylic acids is 1. The molecule has 0 saturated heterocycles. The molecular formula is C16H27NO3. The van der Waals surface area contributed by atoms with Crippen LogP contribution in [0, 0.1) is 5.41 Å². The van der Waals surface area contributed by atoms with Crippen molar-refractivity contribution >= 4 is 5.97 Å². The minimum atomic E-state index is -0.811. The molecule has 0 fully saturated rings. The Labute approximate surface area is 121 Å². The maximum Gasteiger partial charge on any atom is 0.314 e. The Balaban J connectivity index is 0.000000956. The SMILES string of the molecule is CC.CC(C)c1noc2c1CCCC(C)(C)C2C(=O)O. The molecule has 2 rings (SSSR count). The fourth-order valence-corrected chi connectivity index (χ4v) is 2.93. The number of nitrogens with zero attached hydrogens (tertiary/aromatic N) is 1. The first-order valence-electron chi connectivity index (χ1n) is 7.55. The second-order valence-corrected chi connectivity index (χ2v) is 6.18. The maximum atomic E-state index is 11.6. The number of carbonyl (C=O) groups is 1. The van der Waals surface area contributed by atoms with E-state index in [9.17, 15) is 9.90 Å². The molecule has 0 radical (unpaired) electrons. The van der Waals surface area contributed by atoms with Crippen molar-refractivity contribution in [2.24, 2.45) is 5.41 Å². The fraction of sp³-hybridized carbons (Fsp3) is 0.750. The van der Waals surface area contributed by atoms with E-state index in [2.05, 4.69) is 19.0 Å². The number of aliphatic carboxylic acids is 1. The van der Waals surface area contributed by atoms with Gasteiger partial charge in [0.2, 0.25) is 0 Å². The van der Waals surface area contributed by atoms with Gasteiger partial charge < -0.3 is 9.63 Å². The number of carboxylic acid groups (broad SMARTS) is 1. The fourth-order valence-electron chi connectivity index (χ4n) is 2.93. The van der Waals surface area contributed by atoms with Gasteiger partial charge in [0.25, 0.3) is 0 Å². The van der Waals surface area contributed by atoms with Crippen LogP contribution in [0.4, 0.5) is 0 Å². The first-order valence-corrected chi connectivity index (χ1v) is 7.55. The molecule has 0 amide bonds. The lowest BCUT2D eigenvalue weighted by molar-refractivity contribution is -0.142. The third-order valence-corrected chi connectivity index (χ3v) is 3.93. The van der Waals surface area contributed by atoms with Gasteiger partial charge >= 0.3 is 5.97 Å². The lowest BCUT2D eigenvalue weighted by Crippen LogP contribution is -2.28. The minimum absolute atomic E-state index is 0.271. The third-order valence-electron chi connectivity index (χ3n) is 3.93. The summed E-state index contributed by atoms with van der Waals surface area (Å²) >= 11 is 0. The molecule has 0 bridgehead atoms. The topological polar surface area (TPSA) is 63.3 Å². The Morgan fingerprint density at radius 1 is 1.40 bits per heavy atom. The average molecular weight is 281 g/mol. The molecule has 20 heavy (non-hydrogen) atoms. The van der Waals surface area contributed by atoms with Crippen LogP contribution in [-0.2, 0) is 11.2 Å². The lowest BCUT2D eigenvalue weighted by Gasteiger charge is -2.28. The smallest absolute Gasteiger partial charge is 0.314 e. The van der Waals surface area contributed by atoms with E-state index >= 15 is 0 Å². The highest BCUT2D eigenvalue weighted by molar-refractivity contribution is 5.77. The van der Waals surface area contributed by atoms with Crippen molar-refractivity contribution in [2.45, 2.75) is 72.6 Å². The molecule has 1 aliphatic carbocycles. The maximum absolute atomic E-state index is 11.6. The highest BCUT2D eigenvalue weighted by Crippen LogP contribution is 2.45. The standard InChI is InChI=1S/C14H21NO3.C2H6/c1-8(2)11-9-6-5-7-14(3,4)10(13(16)17)12(9)18-15-11;1-2/h8,10H,5-7H2,1-4H3,(H,16,17);1-2H3. The summed E-state index contributed by atoms with van der Waals surface area (Å²) in [6, 6.07) is 0. The number of rotatable bonds is 2. The van der Waals surface area contributed by atoms with Crippen LogP contribution in [0.25, 0.3) is 0 Å². The Hall–Kier alpha value is -1.32. The van der Waals surface area contributed by atoms with E-state index in [-0.39, 0.29) is 11.3 Å². The molecule has 0 aliphatic heterocycles. The van der Waals surface area contributed by atoms with E-state index < -0.39 is 11.9 Å². The molecular weight excluding hydrogens is 254 g/mol. The monoisotopic (exact) mass is 281 g/mol. The van der Waals surface area contributed by atoms with E-state index in [1.165, 1.54) is 0 Å². The van der Waals surface area contributed by atoms with Gasteiger partial charge in [-0.15, -0.1) is 0 Å². The van der Waals surface area contributed by atoms with Crippen LogP contribution in [0.2, 0.25) is 0 Å². The van der Waals surface area contributed by atoms with Gasteiger partial charge in [0, 0.05) is 5.56 Å². The number of hydrogen-bond donors (Lipinski definition) is 1. The van der Waals surface area contributed by atoms with Gasteiger partial charge in [0.15, 0.2) is 5.76 Å². The van der Waals surface area contributed by atoms with Crippen molar-refractivity contribution in [3.05, 3.63) is 17.0 Å². The summed E-state index contributed by atoms with van der Waals surface area (Å²) in [4.78, 5) is 11.6. The molecule has 114 valence electrons. The zero-order valence-corrected chi connectivity index (χ0v) is 13.5. The number of aromatic nitrogens is 1. The van der Waals surface area contributed by atoms with Gasteiger partial charge in [-0.05, 0) is 30.6 Å². The summed E-state index contributed by atoms with van der Waals surface area (Å²) in [5.74, 6) is -0.550. The molecule has 4 nitrogen and oxygen atoms in total. The zero-order valence-electron chi connectivity index (χ0n) is 13.5. The lowest BCUT2D eigenvalue weighted by atomic mass is 9.75. The second-order valence-electron chi connectivity index (χ2n) is 6.18. The van der Waals surface area contributed by atoms with Gasteiger partial charge in [0.1, 0.15) is 5.92 Å². The average Bonchev–Trinajstić information content (AvgIpc) is 2.69. The summed E-state index contributed by atoms with van der Waals surface area (Å²) < 4.78 is 5.41. The third kappa shape index (κ3) is 3.05. The van der Waals surface area contributed by atoms with Crippen molar-refractivity contribution in [3.63, 3.8) is 0 Å². The van der Waals surface area contributed by atoms with Crippen LogP contribution < -0.4 is 0 Å². The molecule has 1 aromatic heterocycles. The van der Waals surface area contributed by atoms with E-state index in [4.69, 9.17) is 4.52 Å². The molecule has 0 aromatic carbocycles. The van der Waals surface area contributed by atoms with Crippen LogP contribution in [0.1, 0.15) is 83.2 Å². The summed E-state index contributed by atoms with van der Waals surface area (Å²) in [6.07, 6.45) is 2.76. The molecule has 4 heteroatoms. The number of fused-ring (bicyclic) bond motifs is 1. The van der Waals surface area contributed by atoms with Crippen LogP contribution in [0.3, 0.4) is 0 Å². The predicted octanol–water partition coefficient (Wildman–Crippen LogP) is 4.35. The van der Waals surface area contributed by atoms with Crippen LogP contribution in [0.5, 0.6) is 0 Å².